The summed E-state index contributed by atoms with van der Waals surface area (Å²) in [6.07, 6.45) is -5.77. The molecule has 0 aliphatic heterocycles. The Morgan fingerprint density at radius 2 is 1.43 bits per heavy atom. The molecule has 3 aromatic carbocycles. The summed E-state index contributed by atoms with van der Waals surface area (Å²) in [7, 11) is 1.57. The van der Waals surface area contributed by atoms with Crippen molar-refractivity contribution in [2.45, 2.75) is 69.7 Å². The number of hydrogen-bond acceptors (Lipinski definition) is 9. The zero-order valence-electron chi connectivity index (χ0n) is 27.4. The molecule has 3 rings (SSSR count). The third kappa shape index (κ3) is 13.7. The van der Waals surface area contributed by atoms with Gasteiger partial charge in [-0.25, -0.2) is 4.79 Å². The van der Waals surface area contributed by atoms with E-state index in [1.165, 1.54) is 24.3 Å². The van der Waals surface area contributed by atoms with Crippen LogP contribution in [-0.2, 0) is 12.7 Å². The minimum Gasteiger partial charge on any atom is -0.507 e. The SMILES string of the molecule is CCCCCCN(Cc1ccc(C#Cc2ccc(C(F)(F)F)cc2)cc1)c1ccc(O)c(C(=O)O)c1.CNC[C@H](O)[C@@H](O)[C@H](O)[C@H](O)CO. The van der Waals surface area contributed by atoms with Gasteiger partial charge in [-0.15, -0.1) is 0 Å². The molecule has 3 aromatic rings. The number of carboxylic acid groups (broad SMARTS) is 1. The van der Waals surface area contributed by atoms with E-state index in [4.69, 9.17) is 20.4 Å². The maximum atomic E-state index is 12.7. The largest absolute Gasteiger partial charge is 0.507 e. The van der Waals surface area contributed by atoms with Crippen LogP contribution >= 0.6 is 0 Å². The summed E-state index contributed by atoms with van der Waals surface area (Å²) >= 11 is 0. The molecule has 0 radical (unpaired) electrons. The number of likely N-dealkylation sites (N-methyl/N-ethyl adjacent to an activating group) is 1. The number of unbranched alkanes of at least 4 members (excludes halogenated alkanes) is 3. The molecular weight excluding hydrogens is 645 g/mol. The molecule has 8 N–H and O–H groups in total. The highest BCUT2D eigenvalue weighted by atomic mass is 19.4. The first-order valence-electron chi connectivity index (χ1n) is 15.8. The summed E-state index contributed by atoms with van der Waals surface area (Å²) in [5.74, 6) is 4.39. The van der Waals surface area contributed by atoms with Gasteiger partial charge in [0.1, 0.15) is 29.6 Å². The molecule has 0 spiro atoms. The number of rotatable bonds is 15. The van der Waals surface area contributed by atoms with E-state index in [0.717, 1.165) is 55.5 Å². The second-order valence-corrected chi connectivity index (χ2v) is 11.4. The first-order chi connectivity index (χ1) is 23.2. The van der Waals surface area contributed by atoms with E-state index in [2.05, 4.69) is 29.0 Å². The lowest BCUT2D eigenvalue weighted by Crippen LogP contribution is -2.48. The van der Waals surface area contributed by atoms with Gasteiger partial charge in [0.15, 0.2) is 0 Å². The van der Waals surface area contributed by atoms with Crippen LogP contribution in [0.5, 0.6) is 5.75 Å². The van der Waals surface area contributed by atoms with Gasteiger partial charge in [-0.1, -0.05) is 50.2 Å². The van der Waals surface area contributed by atoms with Crippen molar-refractivity contribution < 1.29 is 53.7 Å². The molecule has 0 aliphatic carbocycles. The van der Waals surface area contributed by atoms with Crippen LogP contribution in [0.1, 0.15) is 65.2 Å². The summed E-state index contributed by atoms with van der Waals surface area (Å²) < 4.78 is 38.1. The molecule has 13 heteroatoms. The van der Waals surface area contributed by atoms with Gasteiger partial charge < -0.3 is 46.0 Å². The molecular formula is C36H45F3N2O8. The standard InChI is InChI=1S/C29H28F3NO3.C7H17NO5/c1-2-3-4-5-18-33(25-16-17-27(34)26(19-25)28(35)36)20-23-10-8-21(9-11-23)6-7-22-12-14-24(15-13-22)29(30,31)32;1-8-2-4(10)6(12)7(13)5(11)3-9/h8-17,19,34H,2-5,18,20H2,1H3,(H,35,36);4-13H,2-3H2,1H3/t;4-,5+,6+,7+/m.0/s1. The number of halogens is 3. The quantitative estimate of drug-likeness (QED) is 0.0868. The molecule has 0 fully saturated rings. The lowest BCUT2D eigenvalue weighted by atomic mass is 10.0. The topological polar surface area (TPSA) is 174 Å². The molecule has 0 saturated heterocycles. The van der Waals surface area contributed by atoms with Crippen molar-refractivity contribution >= 4 is 11.7 Å². The van der Waals surface area contributed by atoms with Gasteiger partial charge in [-0.3, -0.25) is 0 Å². The average molecular weight is 691 g/mol. The van der Waals surface area contributed by atoms with Gasteiger partial charge >= 0.3 is 12.1 Å². The van der Waals surface area contributed by atoms with Gasteiger partial charge in [0.05, 0.1) is 18.3 Å². The Hall–Kier alpha value is -4.16. The van der Waals surface area contributed by atoms with Crippen LogP contribution in [0.15, 0.2) is 66.7 Å². The summed E-state index contributed by atoms with van der Waals surface area (Å²) in [6, 6.07) is 16.9. The lowest BCUT2D eigenvalue weighted by molar-refractivity contribution is -0.137. The Balaban J connectivity index is 0.000000543. The molecule has 0 bridgehead atoms. The van der Waals surface area contributed by atoms with Crippen LogP contribution in [0.25, 0.3) is 0 Å². The smallest absolute Gasteiger partial charge is 0.416 e. The highest BCUT2D eigenvalue weighted by Crippen LogP contribution is 2.29. The third-order valence-electron chi connectivity index (χ3n) is 7.49. The van der Waals surface area contributed by atoms with Crippen LogP contribution < -0.4 is 10.2 Å². The van der Waals surface area contributed by atoms with E-state index in [1.54, 1.807) is 13.1 Å². The van der Waals surface area contributed by atoms with Crippen molar-refractivity contribution in [1.82, 2.24) is 5.32 Å². The van der Waals surface area contributed by atoms with Gasteiger partial charge in [0, 0.05) is 36.4 Å². The number of anilines is 1. The van der Waals surface area contributed by atoms with Gasteiger partial charge in [-0.05, 0) is 73.6 Å². The Bertz CT molecular complexity index is 1490. The molecule has 0 amide bonds. The molecule has 0 heterocycles. The van der Waals surface area contributed by atoms with E-state index in [-0.39, 0.29) is 17.9 Å². The summed E-state index contributed by atoms with van der Waals surface area (Å²) in [5, 5.41) is 66.7. The number of carboxylic acids is 1. The molecule has 0 aromatic heterocycles. The van der Waals surface area contributed by atoms with Crippen molar-refractivity contribution in [3.05, 3.63) is 94.5 Å². The zero-order chi connectivity index (χ0) is 36.6. The summed E-state index contributed by atoms with van der Waals surface area (Å²) in [4.78, 5) is 13.6. The second-order valence-electron chi connectivity index (χ2n) is 11.4. The van der Waals surface area contributed by atoms with Gasteiger partial charge in [0.2, 0.25) is 0 Å². The maximum Gasteiger partial charge on any atom is 0.416 e. The minimum absolute atomic E-state index is 0.0936. The molecule has 0 unspecified atom stereocenters. The average Bonchev–Trinajstić information content (AvgIpc) is 3.08. The zero-order valence-corrected chi connectivity index (χ0v) is 27.4. The fourth-order valence-electron chi connectivity index (χ4n) is 4.61. The Morgan fingerprint density at radius 1 is 0.857 bits per heavy atom. The van der Waals surface area contributed by atoms with Crippen LogP contribution in [0.3, 0.4) is 0 Å². The van der Waals surface area contributed by atoms with Gasteiger partial charge in [-0.2, -0.15) is 13.2 Å². The Labute approximate surface area is 284 Å². The minimum atomic E-state index is -4.37. The fourth-order valence-corrected chi connectivity index (χ4v) is 4.61. The van der Waals surface area contributed by atoms with Crippen molar-refractivity contribution in [1.29, 1.82) is 0 Å². The number of benzene rings is 3. The van der Waals surface area contributed by atoms with Crippen molar-refractivity contribution in [2.24, 2.45) is 0 Å². The molecule has 0 aliphatic rings. The predicted octanol–water partition coefficient (Wildman–Crippen LogP) is 3.74. The number of hydrogen-bond donors (Lipinski definition) is 8. The van der Waals surface area contributed by atoms with Crippen LogP contribution in [0.4, 0.5) is 18.9 Å². The number of carbonyl (C=O) groups is 1. The van der Waals surface area contributed by atoms with E-state index >= 15 is 0 Å². The van der Waals surface area contributed by atoms with Crippen molar-refractivity contribution in [3.8, 4) is 17.6 Å². The Morgan fingerprint density at radius 3 is 1.94 bits per heavy atom. The Kier molecular flexibility index (Phi) is 17.1. The molecule has 10 nitrogen and oxygen atoms in total. The molecule has 49 heavy (non-hydrogen) atoms. The van der Waals surface area contributed by atoms with Crippen molar-refractivity contribution in [2.75, 3.05) is 31.6 Å². The monoisotopic (exact) mass is 690 g/mol. The molecule has 0 saturated carbocycles. The van der Waals surface area contributed by atoms with Crippen molar-refractivity contribution in [3.63, 3.8) is 0 Å². The second kappa shape index (κ2) is 20.4. The number of aromatic hydroxyl groups is 1. The first-order valence-corrected chi connectivity index (χ1v) is 15.8. The summed E-state index contributed by atoms with van der Waals surface area (Å²) in [6.45, 7) is 2.85. The lowest BCUT2D eigenvalue weighted by Gasteiger charge is -2.25. The van der Waals surface area contributed by atoms with E-state index in [9.17, 15) is 33.3 Å². The highest BCUT2D eigenvalue weighted by molar-refractivity contribution is 5.92. The molecule has 4 atom stereocenters. The number of nitrogens with zero attached hydrogens (tertiary/aromatic N) is 1. The van der Waals surface area contributed by atoms with E-state index in [1.807, 2.05) is 24.3 Å². The fraction of sp³-hybridized carbons (Fsp3) is 0.417. The van der Waals surface area contributed by atoms with Crippen LogP contribution in [0, 0.1) is 11.8 Å². The number of nitrogens with one attached hydrogen (secondary N) is 1. The van der Waals surface area contributed by atoms with E-state index < -0.39 is 48.7 Å². The molecule has 268 valence electrons. The number of aromatic carboxylic acids is 1. The number of aliphatic hydroxyl groups is 5. The predicted molar refractivity (Wildman–Crippen MR) is 179 cm³/mol. The normalized spacial score (nSPS) is 13.6. The first kappa shape index (κ1) is 41.0. The number of aliphatic hydroxyl groups excluding tert-OH is 5. The maximum absolute atomic E-state index is 12.7. The van der Waals surface area contributed by atoms with Crippen LogP contribution in [-0.4, -0.2) is 92.9 Å². The van der Waals surface area contributed by atoms with Gasteiger partial charge in [0.25, 0.3) is 0 Å². The van der Waals surface area contributed by atoms with E-state index in [0.29, 0.717) is 17.8 Å². The van der Waals surface area contributed by atoms with Crippen LogP contribution in [0.2, 0.25) is 0 Å². The number of alkyl halides is 3. The number of phenols is 1. The summed E-state index contributed by atoms with van der Waals surface area (Å²) in [5.41, 5.74) is 2.09. The highest BCUT2D eigenvalue weighted by Gasteiger charge is 2.30. The third-order valence-corrected chi connectivity index (χ3v) is 7.49.